The van der Waals surface area contributed by atoms with Crippen molar-refractivity contribution in [2.45, 2.75) is 50.9 Å². The lowest BCUT2D eigenvalue weighted by atomic mass is 9.80. The molecule has 31 heavy (non-hydrogen) atoms. The van der Waals surface area contributed by atoms with Crippen molar-refractivity contribution in [2.75, 3.05) is 6.54 Å². The first-order valence-corrected chi connectivity index (χ1v) is 9.66. The van der Waals surface area contributed by atoms with Crippen molar-refractivity contribution < 1.29 is 36.2 Å². The number of alkyl halides is 4. The molecule has 166 valence electrons. The maximum atomic E-state index is 14.2. The van der Waals surface area contributed by atoms with Crippen LogP contribution in [-0.4, -0.2) is 34.7 Å². The van der Waals surface area contributed by atoms with Gasteiger partial charge in [0.25, 0.3) is 5.92 Å². The predicted octanol–water partition coefficient (Wildman–Crippen LogP) is 5.48. The van der Waals surface area contributed by atoms with E-state index in [-0.39, 0.29) is 23.2 Å². The molecule has 1 saturated carbocycles. The fraction of sp³-hybridized carbons (Fsp3) is 0.429. The lowest BCUT2D eigenvalue weighted by Gasteiger charge is -2.35. The number of nitrogens with zero attached hydrogens (tertiary/aromatic N) is 2. The van der Waals surface area contributed by atoms with Crippen LogP contribution in [0.25, 0.3) is 11.1 Å². The van der Waals surface area contributed by atoms with Crippen molar-refractivity contribution in [3.05, 3.63) is 47.5 Å². The molecule has 10 heteroatoms. The number of aromatic nitrogens is 1. The number of pyridine rings is 1. The fourth-order valence-electron chi connectivity index (χ4n) is 3.91. The van der Waals surface area contributed by atoms with E-state index in [2.05, 4.69) is 9.72 Å². The second-order valence-corrected chi connectivity index (χ2v) is 7.90. The molecule has 0 N–H and O–H groups in total. The summed E-state index contributed by atoms with van der Waals surface area (Å²) in [5.74, 6) is -4.94. The van der Waals surface area contributed by atoms with E-state index in [0.29, 0.717) is 13.5 Å². The summed E-state index contributed by atoms with van der Waals surface area (Å²) in [7, 11) is 0. The molecule has 0 bridgehead atoms. The van der Waals surface area contributed by atoms with Gasteiger partial charge in [0, 0.05) is 18.7 Å². The number of hydrogen-bond donors (Lipinski definition) is 0. The number of amides is 1. The smallest absolute Gasteiger partial charge is 0.410 e. The van der Waals surface area contributed by atoms with E-state index in [1.165, 1.54) is 17.0 Å². The lowest BCUT2D eigenvalue weighted by molar-refractivity contribution is -0.0521. The average Bonchev–Trinajstić information content (AvgIpc) is 2.99. The molecule has 2 fully saturated rings. The molecule has 2 aromatic rings. The summed E-state index contributed by atoms with van der Waals surface area (Å²) in [5.41, 5.74) is -0.441. The quantitative estimate of drug-likeness (QED) is 0.557. The molecule has 5 nitrogen and oxygen atoms in total. The highest BCUT2D eigenvalue weighted by atomic mass is 19.3. The monoisotopic (exact) mass is 442 g/mol. The van der Waals surface area contributed by atoms with Gasteiger partial charge in [-0.15, -0.1) is 0 Å². The van der Waals surface area contributed by atoms with Crippen molar-refractivity contribution in [1.29, 1.82) is 0 Å². The summed E-state index contributed by atoms with van der Waals surface area (Å²) in [6.45, 7) is -2.38. The zero-order valence-electron chi connectivity index (χ0n) is 16.5. The van der Waals surface area contributed by atoms with Gasteiger partial charge in [0.1, 0.15) is 11.3 Å². The minimum atomic E-state index is -3.28. The number of benzene rings is 1. The van der Waals surface area contributed by atoms with Crippen LogP contribution >= 0.6 is 0 Å². The van der Waals surface area contributed by atoms with Gasteiger partial charge in [0.15, 0.2) is 11.6 Å². The molecule has 1 saturated heterocycles. The summed E-state index contributed by atoms with van der Waals surface area (Å²) in [5, 5.41) is 0. The second kappa shape index (κ2) is 7.65. The molecule has 1 aromatic carbocycles. The summed E-state index contributed by atoms with van der Waals surface area (Å²) < 4.78 is 76.7. The van der Waals surface area contributed by atoms with Gasteiger partial charge < -0.3 is 9.47 Å². The minimum absolute atomic E-state index is 0.0824. The Bertz CT molecular complexity index is 1000. The first kappa shape index (κ1) is 21.3. The van der Waals surface area contributed by atoms with Crippen LogP contribution in [0.2, 0.25) is 0 Å². The lowest BCUT2D eigenvalue weighted by Crippen LogP contribution is -2.41. The molecule has 1 amide bonds. The van der Waals surface area contributed by atoms with Gasteiger partial charge >= 0.3 is 12.7 Å². The highest BCUT2D eigenvalue weighted by Gasteiger charge is 2.49. The van der Waals surface area contributed by atoms with Gasteiger partial charge in [-0.25, -0.2) is 9.18 Å². The van der Waals surface area contributed by atoms with Crippen LogP contribution in [0.1, 0.15) is 37.4 Å². The molecule has 1 aliphatic heterocycles. The molecule has 2 heterocycles. The zero-order valence-corrected chi connectivity index (χ0v) is 16.5. The SMILES string of the molecule is CC(F)(F)c1ncc(-c2ccc(F)c(OC(F)F)c2)cc1CN1CC2(CCC2)OC1=O. The van der Waals surface area contributed by atoms with Crippen LogP contribution in [0.5, 0.6) is 5.75 Å². The van der Waals surface area contributed by atoms with Crippen LogP contribution in [0.15, 0.2) is 30.5 Å². The Morgan fingerprint density at radius 3 is 2.58 bits per heavy atom. The third-order valence-corrected chi connectivity index (χ3v) is 5.53. The summed E-state index contributed by atoms with van der Waals surface area (Å²) in [6, 6.07) is 4.66. The first-order valence-electron chi connectivity index (χ1n) is 9.66. The van der Waals surface area contributed by atoms with Gasteiger partial charge in [-0.1, -0.05) is 6.07 Å². The molecule has 4 rings (SSSR count). The minimum Gasteiger partial charge on any atom is -0.441 e. The standard InChI is InChI=1S/C21H19F5N2O3/c1-20(25,26)17-14(10-28-11-21(5-2-6-21)31-19(28)29)7-13(9-27-17)12-3-4-15(22)16(8-12)30-18(23)24/h3-4,7-9,18H,2,5-6,10-11H2,1H3. The van der Waals surface area contributed by atoms with Crippen molar-refractivity contribution in [1.82, 2.24) is 9.88 Å². The van der Waals surface area contributed by atoms with E-state index in [1.54, 1.807) is 0 Å². The Labute approximate surface area is 174 Å². The van der Waals surface area contributed by atoms with Gasteiger partial charge in [-0.2, -0.15) is 17.6 Å². The second-order valence-electron chi connectivity index (χ2n) is 7.90. The molecule has 1 spiro atoms. The third-order valence-electron chi connectivity index (χ3n) is 5.53. The van der Waals surface area contributed by atoms with E-state index in [9.17, 15) is 26.7 Å². The molecular weight excluding hydrogens is 423 g/mol. The fourth-order valence-corrected chi connectivity index (χ4v) is 3.91. The van der Waals surface area contributed by atoms with Crippen molar-refractivity contribution in [3.8, 4) is 16.9 Å². The summed E-state index contributed by atoms with van der Waals surface area (Å²) in [6.07, 6.45) is 2.96. The highest BCUT2D eigenvalue weighted by molar-refractivity contribution is 5.71. The van der Waals surface area contributed by atoms with Gasteiger partial charge in [0.2, 0.25) is 0 Å². The largest absolute Gasteiger partial charge is 0.441 e. The van der Waals surface area contributed by atoms with Crippen LogP contribution in [-0.2, 0) is 17.2 Å². The average molecular weight is 442 g/mol. The number of rotatable bonds is 6. The van der Waals surface area contributed by atoms with E-state index in [4.69, 9.17) is 4.74 Å². The van der Waals surface area contributed by atoms with E-state index in [1.807, 2.05) is 0 Å². The Morgan fingerprint density at radius 2 is 2.00 bits per heavy atom. The maximum Gasteiger partial charge on any atom is 0.410 e. The normalized spacial score (nSPS) is 17.8. The van der Waals surface area contributed by atoms with Crippen molar-refractivity contribution in [2.24, 2.45) is 0 Å². The van der Waals surface area contributed by atoms with E-state index in [0.717, 1.165) is 37.6 Å². The molecule has 0 unspecified atom stereocenters. The highest BCUT2D eigenvalue weighted by Crippen LogP contribution is 2.42. The summed E-state index contributed by atoms with van der Waals surface area (Å²) in [4.78, 5) is 17.5. The maximum absolute atomic E-state index is 14.2. The van der Waals surface area contributed by atoms with Gasteiger partial charge in [0.05, 0.1) is 13.1 Å². The number of ether oxygens (including phenoxy) is 2. The van der Waals surface area contributed by atoms with E-state index < -0.39 is 41.5 Å². The topological polar surface area (TPSA) is 51.7 Å². The van der Waals surface area contributed by atoms with Crippen LogP contribution < -0.4 is 4.74 Å². The third kappa shape index (κ3) is 4.28. The Hall–Kier alpha value is -2.91. The van der Waals surface area contributed by atoms with Crippen molar-refractivity contribution >= 4 is 6.09 Å². The van der Waals surface area contributed by atoms with Crippen LogP contribution in [0.4, 0.5) is 26.7 Å². The number of carbonyl (C=O) groups excluding carboxylic acids is 1. The number of carbonyl (C=O) groups is 1. The Balaban J connectivity index is 1.68. The zero-order chi connectivity index (χ0) is 22.4. The molecule has 1 aliphatic carbocycles. The molecular formula is C21H19F5N2O3. The van der Waals surface area contributed by atoms with Crippen LogP contribution in [0.3, 0.4) is 0 Å². The first-order chi connectivity index (χ1) is 14.6. The van der Waals surface area contributed by atoms with Gasteiger partial charge in [-0.3, -0.25) is 9.88 Å². The summed E-state index contributed by atoms with van der Waals surface area (Å²) >= 11 is 0. The number of hydrogen-bond acceptors (Lipinski definition) is 4. The van der Waals surface area contributed by atoms with Crippen molar-refractivity contribution in [3.63, 3.8) is 0 Å². The molecule has 0 radical (unpaired) electrons. The van der Waals surface area contributed by atoms with Crippen LogP contribution in [0, 0.1) is 5.82 Å². The number of halogens is 5. The molecule has 2 aliphatic rings. The Morgan fingerprint density at radius 1 is 1.26 bits per heavy atom. The predicted molar refractivity (Wildman–Crippen MR) is 99.3 cm³/mol. The Kier molecular flexibility index (Phi) is 5.26. The van der Waals surface area contributed by atoms with Gasteiger partial charge in [-0.05, 0) is 48.6 Å². The molecule has 0 atom stereocenters. The molecule has 1 aromatic heterocycles. The van der Waals surface area contributed by atoms with E-state index >= 15 is 0 Å².